The van der Waals surface area contributed by atoms with E-state index in [1.165, 1.54) is 61.2 Å². The summed E-state index contributed by atoms with van der Waals surface area (Å²) < 4.78 is 6.21. The first-order valence-corrected chi connectivity index (χ1v) is 22.6. The first-order chi connectivity index (χ1) is 32.1. The number of benzene rings is 10. The molecule has 0 saturated heterocycles. The molecular weight excluding hydrogens is 787 g/mol. The van der Waals surface area contributed by atoms with Crippen LogP contribution in [0.4, 0.5) is 17.1 Å². The highest BCUT2D eigenvalue weighted by Gasteiger charge is 2.47. The Bertz CT molecular complexity index is 3570. The third-order valence-corrected chi connectivity index (χ3v) is 14.4. The van der Waals surface area contributed by atoms with Gasteiger partial charge in [0.1, 0.15) is 11.2 Å². The predicted octanol–water partition coefficient (Wildman–Crippen LogP) is 16.4. The van der Waals surface area contributed by atoms with E-state index in [9.17, 15) is 0 Å². The standard InChI is InChI=1S/C63H43NO/c1-62(44-18-5-2-6-19-44)54-27-14-12-26-51(54)61-57(62)29-17-30-58(61)64(47-35-32-42(33-36-47)43-34-39-60-53(40-43)50-25-13-16-31-59(50)65-60)48-37-38-56-52(41-48)49-24-11-15-28-55(49)63(56,45-20-7-3-8-21-45)46-22-9-4-10-23-46/h2-41H,1H3. The molecule has 0 fully saturated rings. The molecule has 2 aliphatic rings. The van der Waals surface area contributed by atoms with Crippen molar-refractivity contribution in [3.05, 3.63) is 282 Å². The quantitative estimate of drug-likeness (QED) is 0.159. The van der Waals surface area contributed by atoms with Gasteiger partial charge in [-0.25, -0.2) is 0 Å². The van der Waals surface area contributed by atoms with Gasteiger partial charge in [0.2, 0.25) is 0 Å². The number of hydrogen-bond donors (Lipinski definition) is 0. The highest BCUT2D eigenvalue weighted by atomic mass is 16.3. The van der Waals surface area contributed by atoms with Gasteiger partial charge in [0.25, 0.3) is 0 Å². The summed E-state index contributed by atoms with van der Waals surface area (Å²) in [6.07, 6.45) is 0. The molecule has 65 heavy (non-hydrogen) atoms. The van der Waals surface area contributed by atoms with Gasteiger partial charge >= 0.3 is 0 Å². The second-order valence-electron chi connectivity index (χ2n) is 17.7. The van der Waals surface area contributed by atoms with E-state index in [0.29, 0.717) is 0 Å². The lowest BCUT2D eigenvalue weighted by Crippen LogP contribution is -2.28. The molecule has 2 aliphatic carbocycles. The number of anilines is 3. The molecule has 10 aromatic carbocycles. The maximum atomic E-state index is 6.21. The minimum absolute atomic E-state index is 0.337. The summed E-state index contributed by atoms with van der Waals surface area (Å²) in [5, 5.41) is 2.26. The van der Waals surface area contributed by atoms with Gasteiger partial charge in [-0.2, -0.15) is 0 Å². The third-order valence-electron chi connectivity index (χ3n) is 14.4. The van der Waals surface area contributed by atoms with Crippen LogP contribution in [0.1, 0.15) is 45.9 Å². The van der Waals surface area contributed by atoms with Crippen LogP contribution in [-0.2, 0) is 10.8 Å². The molecule has 1 heterocycles. The fraction of sp³-hybridized carbons (Fsp3) is 0.0476. The molecular formula is C63H43NO. The highest BCUT2D eigenvalue weighted by molar-refractivity contribution is 6.06. The normalized spacial score (nSPS) is 15.3. The fourth-order valence-corrected chi connectivity index (χ4v) is 11.5. The summed E-state index contributed by atoms with van der Waals surface area (Å²) in [5.74, 6) is 0. The Hall–Kier alpha value is -8.20. The van der Waals surface area contributed by atoms with Gasteiger partial charge in [-0.15, -0.1) is 0 Å². The van der Waals surface area contributed by atoms with Gasteiger partial charge in [0.15, 0.2) is 0 Å². The van der Waals surface area contributed by atoms with Gasteiger partial charge in [-0.3, -0.25) is 0 Å². The monoisotopic (exact) mass is 829 g/mol. The average Bonchev–Trinajstić information content (AvgIpc) is 4.00. The molecule has 13 rings (SSSR count). The average molecular weight is 830 g/mol. The van der Waals surface area contributed by atoms with Gasteiger partial charge < -0.3 is 9.32 Å². The van der Waals surface area contributed by atoms with Gasteiger partial charge in [-0.05, 0) is 122 Å². The van der Waals surface area contributed by atoms with Crippen LogP contribution < -0.4 is 4.90 Å². The van der Waals surface area contributed by atoms with Crippen molar-refractivity contribution < 1.29 is 4.42 Å². The van der Waals surface area contributed by atoms with Crippen molar-refractivity contribution in [2.75, 3.05) is 4.90 Å². The van der Waals surface area contributed by atoms with Crippen LogP contribution in [0.5, 0.6) is 0 Å². The minimum atomic E-state index is -0.481. The smallest absolute Gasteiger partial charge is 0.135 e. The molecule has 0 amide bonds. The summed E-state index contributed by atoms with van der Waals surface area (Å²) >= 11 is 0. The Morgan fingerprint density at radius 3 is 1.65 bits per heavy atom. The molecule has 2 heteroatoms. The van der Waals surface area contributed by atoms with Gasteiger partial charge in [-0.1, -0.05) is 194 Å². The van der Waals surface area contributed by atoms with Crippen molar-refractivity contribution in [3.8, 4) is 33.4 Å². The molecule has 0 spiro atoms. The number of hydrogen-bond acceptors (Lipinski definition) is 2. The summed E-state index contributed by atoms with van der Waals surface area (Å²) in [5.41, 5.74) is 20.7. The van der Waals surface area contributed by atoms with E-state index in [2.05, 4.69) is 242 Å². The number of furan rings is 1. The Morgan fingerprint density at radius 1 is 0.354 bits per heavy atom. The molecule has 0 N–H and O–H groups in total. The summed E-state index contributed by atoms with van der Waals surface area (Å²) in [6.45, 7) is 2.40. The van der Waals surface area contributed by atoms with Crippen molar-refractivity contribution in [2.24, 2.45) is 0 Å². The van der Waals surface area contributed by atoms with Crippen molar-refractivity contribution in [3.63, 3.8) is 0 Å². The van der Waals surface area contributed by atoms with Crippen molar-refractivity contribution in [1.82, 2.24) is 0 Å². The molecule has 0 radical (unpaired) electrons. The number of fused-ring (bicyclic) bond motifs is 9. The molecule has 2 nitrogen and oxygen atoms in total. The Morgan fingerprint density at radius 2 is 0.908 bits per heavy atom. The Labute approximate surface area is 379 Å². The number of rotatable bonds is 7. The molecule has 1 atom stereocenters. The summed E-state index contributed by atoms with van der Waals surface area (Å²) in [4.78, 5) is 2.50. The lowest BCUT2D eigenvalue weighted by molar-refractivity contribution is 0.669. The van der Waals surface area contributed by atoms with E-state index < -0.39 is 5.41 Å². The van der Waals surface area contributed by atoms with Crippen LogP contribution in [0.2, 0.25) is 0 Å². The highest BCUT2D eigenvalue weighted by Crippen LogP contribution is 2.59. The van der Waals surface area contributed by atoms with Gasteiger partial charge in [0.05, 0.1) is 11.1 Å². The summed E-state index contributed by atoms with van der Waals surface area (Å²) in [7, 11) is 0. The van der Waals surface area contributed by atoms with E-state index in [4.69, 9.17) is 4.42 Å². The lowest BCUT2D eigenvalue weighted by atomic mass is 9.68. The zero-order chi connectivity index (χ0) is 43.1. The largest absolute Gasteiger partial charge is 0.456 e. The maximum Gasteiger partial charge on any atom is 0.135 e. The topological polar surface area (TPSA) is 16.4 Å². The van der Waals surface area contributed by atoms with Crippen molar-refractivity contribution in [1.29, 1.82) is 0 Å². The van der Waals surface area contributed by atoms with Crippen LogP contribution in [0, 0.1) is 0 Å². The Balaban J connectivity index is 1.04. The van der Waals surface area contributed by atoms with E-state index >= 15 is 0 Å². The Kier molecular flexibility index (Phi) is 8.29. The van der Waals surface area contributed by atoms with Crippen LogP contribution in [0.15, 0.2) is 247 Å². The zero-order valence-electron chi connectivity index (χ0n) is 35.9. The molecule has 1 aromatic heterocycles. The molecule has 0 saturated carbocycles. The lowest BCUT2D eigenvalue weighted by Gasteiger charge is -2.34. The molecule has 11 aromatic rings. The number of para-hydroxylation sites is 1. The third kappa shape index (κ3) is 5.41. The SMILES string of the molecule is CC1(c2ccccc2)c2ccccc2-c2c(N(c3ccc(-c4ccc5oc6ccccc6c5c4)cc3)c3ccc4c(c3)-c3ccccc3C4(c3ccccc3)c3ccccc3)cccc21. The molecule has 306 valence electrons. The van der Waals surface area contributed by atoms with Crippen molar-refractivity contribution >= 4 is 39.0 Å². The van der Waals surface area contributed by atoms with E-state index in [0.717, 1.165) is 50.1 Å². The minimum Gasteiger partial charge on any atom is -0.456 e. The fourth-order valence-electron chi connectivity index (χ4n) is 11.5. The van der Waals surface area contributed by atoms with E-state index in [1.54, 1.807) is 0 Å². The van der Waals surface area contributed by atoms with Crippen LogP contribution in [-0.4, -0.2) is 0 Å². The number of nitrogens with zero attached hydrogens (tertiary/aromatic N) is 1. The zero-order valence-corrected chi connectivity index (χ0v) is 35.9. The molecule has 1 unspecified atom stereocenters. The van der Waals surface area contributed by atoms with Gasteiger partial charge in [0, 0.05) is 33.1 Å². The molecule has 0 aliphatic heterocycles. The second kappa shape index (κ2) is 14.4. The molecule has 0 bridgehead atoms. The summed E-state index contributed by atoms with van der Waals surface area (Å²) in [6, 6.07) is 89.3. The first-order valence-electron chi connectivity index (χ1n) is 22.6. The predicted molar refractivity (Wildman–Crippen MR) is 269 cm³/mol. The van der Waals surface area contributed by atoms with Crippen LogP contribution in [0.3, 0.4) is 0 Å². The van der Waals surface area contributed by atoms with Crippen molar-refractivity contribution in [2.45, 2.75) is 17.8 Å². The van der Waals surface area contributed by atoms with E-state index in [-0.39, 0.29) is 5.41 Å². The van der Waals surface area contributed by atoms with Crippen LogP contribution in [0.25, 0.3) is 55.3 Å². The van der Waals surface area contributed by atoms with E-state index in [1.807, 2.05) is 12.1 Å². The first kappa shape index (κ1) is 37.4. The van der Waals surface area contributed by atoms with Crippen LogP contribution >= 0.6 is 0 Å². The maximum absolute atomic E-state index is 6.21. The second-order valence-corrected chi connectivity index (χ2v) is 17.7.